The molecular formula is C13H21N3O. The Morgan fingerprint density at radius 2 is 2.18 bits per heavy atom. The zero-order valence-electron chi connectivity index (χ0n) is 10.8. The van der Waals surface area contributed by atoms with Gasteiger partial charge in [-0.2, -0.15) is 0 Å². The molecule has 0 spiro atoms. The summed E-state index contributed by atoms with van der Waals surface area (Å²) in [5.74, 6) is 0.0312. The molecule has 0 saturated carbocycles. The first-order valence-electron chi connectivity index (χ1n) is 5.74. The van der Waals surface area contributed by atoms with Crippen LogP contribution < -0.4 is 11.1 Å². The van der Waals surface area contributed by atoms with E-state index in [0.717, 1.165) is 12.1 Å². The monoisotopic (exact) mass is 235 g/mol. The van der Waals surface area contributed by atoms with Gasteiger partial charge in [0.05, 0.1) is 6.54 Å². The molecule has 17 heavy (non-hydrogen) atoms. The van der Waals surface area contributed by atoms with Gasteiger partial charge in [0, 0.05) is 20.1 Å². The lowest BCUT2D eigenvalue weighted by atomic mass is 10.0. The largest absolute Gasteiger partial charge is 0.358 e. The van der Waals surface area contributed by atoms with Gasteiger partial charge < -0.3 is 11.1 Å². The van der Waals surface area contributed by atoms with E-state index in [1.165, 1.54) is 11.1 Å². The molecule has 0 aromatic heterocycles. The van der Waals surface area contributed by atoms with E-state index in [4.69, 9.17) is 5.73 Å². The molecular weight excluding hydrogens is 214 g/mol. The summed E-state index contributed by atoms with van der Waals surface area (Å²) in [4.78, 5) is 13.2. The molecule has 1 aromatic carbocycles. The molecule has 94 valence electrons. The van der Waals surface area contributed by atoms with Crippen molar-refractivity contribution in [3.63, 3.8) is 0 Å². The smallest absolute Gasteiger partial charge is 0.233 e. The molecule has 0 unspecified atom stereocenters. The number of amides is 1. The standard InChI is InChI=1S/C13H21N3O/c1-10-6-11(7-14)4-5-12(10)8-16(3)9-13(17)15-2/h4-6H,7-9,14H2,1-3H3,(H,15,17). The van der Waals surface area contributed by atoms with Crippen molar-refractivity contribution >= 4 is 5.91 Å². The van der Waals surface area contributed by atoms with Gasteiger partial charge in [-0.05, 0) is 30.7 Å². The minimum absolute atomic E-state index is 0.0312. The van der Waals surface area contributed by atoms with Crippen LogP contribution in [0.4, 0.5) is 0 Å². The second-order valence-electron chi connectivity index (χ2n) is 4.31. The fourth-order valence-corrected chi connectivity index (χ4v) is 1.73. The molecule has 0 fully saturated rings. The van der Waals surface area contributed by atoms with Crippen LogP contribution in [0.1, 0.15) is 16.7 Å². The van der Waals surface area contributed by atoms with Crippen molar-refractivity contribution in [2.45, 2.75) is 20.0 Å². The fourth-order valence-electron chi connectivity index (χ4n) is 1.73. The third-order valence-corrected chi connectivity index (χ3v) is 2.78. The Bertz CT molecular complexity index is 390. The SMILES string of the molecule is CNC(=O)CN(C)Cc1ccc(CN)cc1C. The summed E-state index contributed by atoms with van der Waals surface area (Å²) >= 11 is 0. The summed E-state index contributed by atoms with van der Waals surface area (Å²) in [5, 5.41) is 2.62. The first-order chi connectivity index (χ1) is 8.06. The minimum atomic E-state index is 0.0312. The molecule has 0 aliphatic carbocycles. The van der Waals surface area contributed by atoms with Crippen LogP contribution >= 0.6 is 0 Å². The van der Waals surface area contributed by atoms with Gasteiger partial charge in [-0.3, -0.25) is 9.69 Å². The summed E-state index contributed by atoms with van der Waals surface area (Å²) in [5.41, 5.74) is 9.18. The van der Waals surface area contributed by atoms with Crippen molar-refractivity contribution in [3.8, 4) is 0 Å². The van der Waals surface area contributed by atoms with Crippen LogP contribution in [0.2, 0.25) is 0 Å². The topological polar surface area (TPSA) is 58.4 Å². The van der Waals surface area contributed by atoms with Gasteiger partial charge in [0.2, 0.25) is 5.91 Å². The Hall–Kier alpha value is -1.39. The number of likely N-dealkylation sites (N-methyl/N-ethyl adjacent to an activating group) is 2. The Balaban J connectivity index is 2.65. The van der Waals surface area contributed by atoms with Crippen LogP contribution in [0.5, 0.6) is 0 Å². The molecule has 0 atom stereocenters. The number of rotatable bonds is 5. The molecule has 3 N–H and O–H groups in total. The molecule has 0 bridgehead atoms. The summed E-state index contributed by atoms with van der Waals surface area (Å²) in [7, 11) is 3.59. The number of nitrogens with one attached hydrogen (secondary N) is 1. The summed E-state index contributed by atoms with van der Waals surface area (Å²) in [6, 6.07) is 6.22. The minimum Gasteiger partial charge on any atom is -0.358 e. The predicted molar refractivity (Wildman–Crippen MR) is 69.5 cm³/mol. The number of nitrogens with two attached hydrogens (primary N) is 1. The highest BCUT2D eigenvalue weighted by Crippen LogP contribution is 2.12. The summed E-state index contributed by atoms with van der Waals surface area (Å²) in [6.45, 7) is 3.82. The van der Waals surface area contributed by atoms with Gasteiger partial charge >= 0.3 is 0 Å². The van der Waals surface area contributed by atoms with Crippen molar-refractivity contribution in [2.75, 3.05) is 20.6 Å². The maximum Gasteiger partial charge on any atom is 0.233 e. The van der Waals surface area contributed by atoms with E-state index >= 15 is 0 Å². The Kier molecular flexibility index (Phi) is 5.12. The second kappa shape index (κ2) is 6.37. The number of benzene rings is 1. The number of hydrogen-bond donors (Lipinski definition) is 2. The Labute approximate surface area is 103 Å². The number of nitrogens with zero attached hydrogens (tertiary/aromatic N) is 1. The van der Waals surface area contributed by atoms with Crippen LogP contribution in [0, 0.1) is 6.92 Å². The van der Waals surface area contributed by atoms with Gasteiger partial charge in [0.1, 0.15) is 0 Å². The zero-order chi connectivity index (χ0) is 12.8. The van der Waals surface area contributed by atoms with Crippen molar-refractivity contribution < 1.29 is 4.79 Å². The maximum absolute atomic E-state index is 11.2. The van der Waals surface area contributed by atoms with Crippen molar-refractivity contribution in [2.24, 2.45) is 5.73 Å². The zero-order valence-corrected chi connectivity index (χ0v) is 10.8. The molecule has 0 radical (unpaired) electrons. The number of carbonyl (C=O) groups is 1. The van der Waals surface area contributed by atoms with E-state index in [-0.39, 0.29) is 5.91 Å². The fraction of sp³-hybridized carbons (Fsp3) is 0.462. The predicted octanol–water partition coefficient (Wildman–Crippen LogP) is 0.632. The van der Waals surface area contributed by atoms with Crippen molar-refractivity contribution in [1.82, 2.24) is 10.2 Å². The maximum atomic E-state index is 11.2. The van der Waals surface area contributed by atoms with Crippen LogP contribution in [-0.2, 0) is 17.9 Å². The van der Waals surface area contributed by atoms with Gasteiger partial charge in [-0.15, -0.1) is 0 Å². The highest BCUT2D eigenvalue weighted by atomic mass is 16.1. The molecule has 1 amide bonds. The van der Waals surface area contributed by atoms with Crippen LogP contribution in [0.3, 0.4) is 0 Å². The quantitative estimate of drug-likeness (QED) is 0.787. The molecule has 0 aliphatic heterocycles. The van der Waals surface area contributed by atoms with Gasteiger partial charge in [-0.1, -0.05) is 18.2 Å². The molecule has 4 heteroatoms. The van der Waals surface area contributed by atoms with E-state index in [2.05, 4.69) is 24.4 Å². The van der Waals surface area contributed by atoms with Crippen molar-refractivity contribution in [1.29, 1.82) is 0 Å². The van der Waals surface area contributed by atoms with E-state index in [1.54, 1.807) is 7.05 Å². The third kappa shape index (κ3) is 4.17. The van der Waals surface area contributed by atoms with Gasteiger partial charge in [0.25, 0.3) is 0 Å². The van der Waals surface area contributed by atoms with Gasteiger partial charge in [0.15, 0.2) is 0 Å². The first kappa shape index (κ1) is 13.7. The van der Waals surface area contributed by atoms with Crippen LogP contribution in [0.15, 0.2) is 18.2 Å². The normalized spacial score (nSPS) is 10.6. The van der Waals surface area contributed by atoms with E-state index in [1.807, 2.05) is 18.0 Å². The van der Waals surface area contributed by atoms with Crippen LogP contribution in [-0.4, -0.2) is 31.4 Å². The summed E-state index contributed by atoms with van der Waals surface area (Å²) < 4.78 is 0. The molecule has 0 saturated heterocycles. The van der Waals surface area contributed by atoms with E-state index in [9.17, 15) is 4.79 Å². The molecule has 4 nitrogen and oxygen atoms in total. The van der Waals surface area contributed by atoms with Gasteiger partial charge in [-0.25, -0.2) is 0 Å². The molecule has 1 aromatic rings. The number of carbonyl (C=O) groups excluding carboxylic acids is 1. The molecule has 0 aliphatic rings. The first-order valence-corrected chi connectivity index (χ1v) is 5.74. The van der Waals surface area contributed by atoms with Crippen molar-refractivity contribution in [3.05, 3.63) is 34.9 Å². The number of aryl methyl sites for hydroxylation is 1. The average Bonchev–Trinajstić information content (AvgIpc) is 2.31. The molecule has 0 heterocycles. The van der Waals surface area contributed by atoms with Crippen LogP contribution in [0.25, 0.3) is 0 Å². The highest BCUT2D eigenvalue weighted by molar-refractivity contribution is 5.77. The average molecular weight is 235 g/mol. The Morgan fingerprint density at radius 1 is 1.47 bits per heavy atom. The van der Waals surface area contributed by atoms with E-state index < -0.39 is 0 Å². The lowest BCUT2D eigenvalue weighted by molar-refractivity contribution is -0.121. The Morgan fingerprint density at radius 3 is 2.71 bits per heavy atom. The number of hydrogen-bond acceptors (Lipinski definition) is 3. The summed E-state index contributed by atoms with van der Waals surface area (Å²) in [6.07, 6.45) is 0. The van der Waals surface area contributed by atoms with E-state index in [0.29, 0.717) is 13.1 Å². The second-order valence-corrected chi connectivity index (χ2v) is 4.31. The highest BCUT2D eigenvalue weighted by Gasteiger charge is 2.07. The lowest BCUT2D eigenvalue weighted by Crippen LogP contribution is -2.32. The molecule has 1 rings (SSSR count). The third-order valence-electron chi connectivity index (χ3n) is 2.78. The lowest BCUT2D eigenvalue weighted by Gasteiger charge is -2.17.